The van der Waals surface area contributed by atoms with Gasteiger partial charge in [-0.3, -0.25) is 4.68 Å². The van der Waals surface area contributed by atoms with Crippen LogP contribution in [0.4, 0.5) is 10.5 Å². The fourth-order valence-corrected chi connectivity index (χ4v) is 2.98. The molecule has 142 valence electrons. The summed E-state index contributed by atoms with van der Waals surface area (Å²) >= 11 is 0. The second-order valence-corrected chi connectivity index (χ2v) is 6.36. The van der Waals surface area contributed by atoms with Gasteiger partial charge in [-0.1, -0.05) is 30.3 Å². The molecule has 0 fully saturated rings. The van der Waals surface area contributed by atoms with Crippen LogP contribution >= 0.6 is 0 Å². The minimum atomic E-state index is -0.333. The van der Waals surface area contributed by atoms with Crippen molar-refractivity contribution < 1.29 is 9.90 Å². The van der Waals surface area contributed by atoms with Gasteiger partial charge in [0.05, 0.1) is 30.7 Å². The lowest BCUT2D eigenvalue weighted by Gasteiger charge is -2.09. The molecule has 0 radical (unpaired) electrons. The number of aromatic nitrogens is 4. The minimum Gasteiger partial charge on any atom is -0.392 e. The van der Waals surface area contributed by atoms with Gasteiger partial charge in [0, 0.05) is 25.1 Å². The number of hydrogen-bond acceptors (Lipinski definition) is 4. The number of fused-ring (bicyclic) bond motifs is 1. The van der Waals surface area contributed by atoms with E-state index in [1.165, 1.54) is 0 Å². The molecule has 28 heavy (non-hydrogen) atoms. The average molecular weight is 376 g/mol. The van der Waals surface area contributed by atoms with Crippen LogP contribution in [0.3, 0.4) is 0 Å². The number of hydrogen-bond donors (Lipinski definition) is 3. The van der Waals surface area contributed by atoms with E-state index in [2.05, 4.69) is 20.7 Å². The number of benzene rings is 1. The molecule has 8 nitrogen and oxygen atoms in total. The van der Waals surface area contributed by atoms with Crippen molar-refractivity contribution in [1.82, 2.24) is 24.5 Å². The van der Waals surface area contributed by atoms with Gasteiger partial charge in [0.15, 0.2) is 0 Å². The maximum atomic E-state index is 12.1. The maximum Gasteiger partial charge on any atom is 0.319 e. The lowest BCUT2D eigenvalue weighted by atomic mass is 10.1. The number of nitrogens with one attached hydrogen (secondary N) is 2. The van der Waals surface area contributed by atoms with Crippen LogP contribution in [0.25, 0.3) is 5.65 Å². The standard InChI is InChI=1S/C20H20N6O2/c27-14-16-6-2-1-5-15(16)9-21-20(28)24-17-10-22-26(12-17)13-18-11-25-8-4-3-7-19(25)23-18/h1-8,10-12,27H,9,13-14H2,(H2,21,24,28). The zero-order valence-corrected chi connectivity index (χ0v) is 15.1. The summed E-state index contributed by atoms with van der Waals surface area (Å²) in [7, 11) is 0. The van der Waals surface area contributed by atoms with Crippen LogP contribution in [0, 0.1) is 0 Å². The van der Waals surface area contributed by atoms with Crippen molar-refractivity contribution in [1.29, 1.82) is 0 Å². The molecule has 4 aromatic rings. The van der Waals surface area contributed by atoms with Crippen LogP contribution in [0.15, 0.2) is 67.3 Å². The molecule has 3 heterocycles. The molecule has 0 saturated heterocycles. The third-order valence-electron chi connectivity index (χ3n) is 4.36. The second-order valence-electron chi connectivity index (χ2n) is 6.36. The van der Waals surface area contributed by atoms with Crippen molar-refractivity contribution in [3.05, 3.63) is 84.1 Å². The number of pyridine rings is 1. The van der Waals surface area contributed by atoms with Crippen LogP contribution in [0.2, 0.25) is 0 Å². The zero-order valence-electron chi connectivity index (χ0n) is 15.1. The van der Waals surface area contributed by atoms with Gasteiger partial charge in [-0.05, 0) is 23.3 Å². The Labute approximate surface area is 161 Å². The average Bonchev–Trinajstić information content (AvgIpc) is 3.32. The molecule has 4 rings (SSSR count). The number of carbonyl (C=O) groups is 1. The van der Waals surface area contributed by atoms with E-state index in [0.29, 0.717) is 18.8 Å². The lowest BCUT2D eigenvalue weighted by Crippen LogP contribution is -2.28. The molecule has 0 aliphatic rings. The molecule has 1 aromatic carbocycles. The van der Waals surface area contributed by atoms with Crippen LogP contribution in [0.5, 0.6) is 0 Å². The van der Waals surface area contributed by atoms with Crippen molar-refractivity contribution >= 4 is 17.4 Å². The second kappa shape index (κ2) is 7.93. The molecular weight excluding hydrogens is 356 g/mol. The predicted octanol–water partition coefficient (Wildman–Crippen LogP) is 2.39. The minimum absolute atomic E-state index is 0.0602. The van der Waals surface area contributed by atoms with Gasteiger partial charge in [0.2, 0.25) is 0 Å². The first kappa shape index (κ1) is 17.7. The predicted molar refractivity (Wildman–Crippen MR) is 105 cm³/mol. The SMILES string of the molecule is O=C(NCc1ccccc1CO)Nc1cnn(Cc2cn3ccccc3n2)c1. The summed E-state index contributed by atoms with van der Waals surface area (Å²) in [5, 5.41) is 19.2. The van der Waals surface area contributed by atoms with Gasteiger partial charge < -0.3 is 20.1 Å². The maximum absolute atomic E-state index is 12.1. The monoisotopic (exact) mass is 376 g/mol. The summed E-state index contributed by atoms with van der Waals surface area (Å²) in [5.41, 5.74) is 4.03. The molecule has 8 heteroatoms. The van der Waals surface area contributed by atoms with Crippen LogP contribution in [0.1, 0.15) is 16.8 Å². The number of aliphatic hydroxyl groups is 1. The number of rotatable bonds is 6. The smallest absolute Gasteiger partial charge is 0.319 e. The Morgan fingerprint density at radius 1 is 1.07 bits per heavy atom. The number of carbonyl (C=O) groups excluding carboxylic acids is 1. The van der Waals surface area contributed by atoms with E-state index in [0.717, 1.165) is 22.5 Å². The highest BCUT2D eigenvalue weighted by molar-refractivity contribution is 5.88. The van der Waals surface area contributed by atoms with Crippen molar-refractivity contribution in [2.75, 3.05) is 5.32 Å². The Morgan fingerprint density at radius 2 is 1.89 bits per heavy atom. The Balaban J connectivity index is 1.34. The van der Waals surface area contributed by atoms with E-state index < -0.39 is 0 Å². The molecule has 0 saturated carbocycles. The quantitative estimate of drug-likeness (QED) is 0.481. The first-order valence-electron chi connectivity index (χ1n) is 8.89. The van der Waals surface area contributed by atoms with E-state index >= 15 is 0 Å². The summed E-state index contributed by atoms with van der Waals surface area (Å²) in [6.07, 6.45) is 7.25. The Kier molecular flexibility index (Phi) is 5.03. The van der Waals surface area contributed by atoms with Gasteiger partial charge in [0.1, 0.15) is 5.65 Å². The number of aliphatic hydroxyl groups excluding tert-OH is 1. The molecule has 0 aliphatic carbocycles. The molecule has 0 unspecified atom stereocenters. The summed E-state index contributed by atoms with van der Waals surface area (Å²) < 4.78 is 3.67. The van der Waals surface area contributed by atoms with Crippen molar-refractivity contribution in [3.8, 4) is 0 Å². The Hall–Kier alpha value is -3.65. The van der Waals surface area contributed by atoms with Crippen molar-refractivity contribution in [2.45, 2.75) is 19.7 Å². The number of anilines is 1. The van der Waals surface area contributed by atoms with E-state index in [-0.39, 0.29) is 12.6 Å². The van der Waals surface area contributed by atoms with Crippen LogP contribution < -0.4 is 10.6 Å². The summed E-state index contributed by atoms with van der Waals surface area (Å²) in [6, 6.07) is 12.9. The van der Waals surface area contributed by atoms with Crippen LogP contribution in [-0.4, -0.2) is 30.3 Å². The van der Waals surface area contributed by atoms with Crippen molar-refractivity contribution in [3.63, 3.8) is 0 Å². The van der Waals surface area contributed by atoms with E-state index in [4.69, 9.17) is 0 Å². The largest absolute Gasteiger partial charge is 0.392 e. The number of urea groups is 1. The number of amides is 2. The summed E-state index contributed by atoms with van der Waals surface area (Å²) in [5.74, 6) is 0. The first-order valence-corrected chi connectivity index (χ1v) is 8.89. The molecule has 3 aromatic heterocycles. The molecule has 2 amide bonds. The van der Waals surface area contributed by atoms with Gasteiger partial charge in [-0.15, -0.1) is 0 Å². The van der Waals surface area contributed by atoms with Crippen molar-refractivity contribution in [2.24, 2.45) is 0 Å². The van der Waals surface area contributed by atoms with Gasteiger partial charge in [-0.25, -0.2) is 9.78 Å². The normalized spacial score (nSPS) is 10.9. The van der Waals surface area contributed by atoms with E-state index in [1.54, 1.807) is 17.1 Å². The summed E-state index contributed by atoms with van der Waals surface area (Å²) in [6.45, 7) is 0.780. The molecule has 0 spiro atoms. The zero-order chi connectivity index (χ0) is 19.3. The van der Waals surface area contributed by atoms with Crippen LogP contribution in [-0.2, 0) is 19.7 Å². The van der Waals surface area contributed by atoms with E-state index in [9.17, 15) is 9.90 Å². The first-order chi connectivity index (χ1) is 13.7. The molecule has 3 N–H and O–H groups in total. The third-order valence-corrected chi connectivity index (χ3v) is 4.36. The molecular formula is C20H20N6O2. The molecule has 0 atom stereocenters. The summed E-state index contributed by atoms with van der Waals surface area (Å²) in [4.78, 5) is 16.7. The number of imidazole rings is 1. The Morgan fingerprint density at radius 3 is 2.71 bits per heavy atom. The number of nitrogens with zero attached hydrogens (tertiary/aromatic N) is 4. The fraction of sp³-hybridized carbons (Fsp3) is 0.150. The topological polar surface area (TPSA) is 96.5 Å². The molecule has 0 bridgehead atoms. The van der Waals surface area contributed by atoms with Gasteiger partial charge >= 0.3 is 6.03 Å². The van der Waals surface area contributed by atoms with Gasteiger partial charge in [-0.2, -0.15) is 5.10 Å². The molecule has 0 aliphatic heterocycles. The highest BCUT2D eigenvalue weighted by Gasteiger charge is 2.08. The third kappa shape index (κ3) is 4.02. The lowest BCUT2D eigenvalue weighted by molar-refractivity contribution is 0.251. The Bertz CT molecular complexity index is 1070. The highest BCUT2D eigenvalue weighted by Crippen LogP contribution is 2.10. The highest BCUT2D eigenvalue weighted by atomic mass is 16.3. The van der Waals surface area contributed by atoms with E-state index in [1.807, 2.05) is 59.3 Å². The van der Waals surface area contributed by atoms with Gasteiger partial charge in [0.25, 0.3) is 0 Å². The fourth-order valence-electron chi connectivity index (χ4n) is 2.98.